The Labute approximate surface area is 189 Å². The number of carbonyl (C=O) groups excluding carboxylic acids is 1. The molecule has 0 unspecified atom stereocenters. The zero-order valence-corrected chi connectivity index (χ0v) is 18.8. The molecule has 1 fully saturated rings. The first kappa shape index (κ1) is 21.6. The lowest BCUT2D eigenvalue weighted by Crippen LogP contribution is -2.36. The number of anilines is 1. The van der Waals surface area contributed by atoms with Gasteiger partial charge in [-0.1, -0.05) is 36.7 Å². The van der Waals surface area contributed by atoms with Crippen molar-refractivity contribution in [2.45, 2.75) is 35.8 Å². The van der Waals surface area contributed by atoms with E-state index in [1.165, 1.54) is 5.56 Å². The van der Waals surface area contributed by atoms with Crippen LogP contribution < -0.4 is 10.1 Å². The van der Waals surface area contributed by atoms with Crippen LogP contribution >= 0.6 is 23.1 Å². The molecule has 0 spiro atoms. The molecule has 6 nitrogen and oxygen atoms in total. The van der Waals surface area contributed by atoms with Crippen LogP contribution in [0, 0.1) is 11.8 Å². The molecule has 1 saturated carbocycles. The van der Waals surface area contributed by atoms with Crippen molar-refractivity contribution in [1.29, 1.82) is 0 Å². The summed E-state index contributed by atoms with van der Waals surface area (Å²) in [5, 5.41) is 12.4. The Morgan fingerprint density at radius 1 is 1.16 bits per heavy atom. The highest BCUT2D eigenvalue weighted by atomic mass is 32.2. The molecule has 2 aromatic carbocycles. The fourth-order valence-electron chi connectivity index (χ4n) is 3.89. The number of thioether (sulfide) groups is 1. The Morgan fingerprint density at radius 3 is 2.61 bits per heavy atom. The van der Waals surface area contributed by atoms with Crippen molar-refractivity contribution >= 4 is 50.9 Å². The summed E-state index contributed by atoms with van der Waals surface area (Å²) in [6, 6.07) is 13.6. The van der Waals surface area contributed by atoms with Gasteiger partial charge in [0.05, 0.1) is 29.2 Å². The summed E-state index contributed by atoms with van der Waals surface area (Å²) in [5.74, 6) is -0.500. The van der Waals surface area contributed by atoms with E-state index in [4.69, 9.17) is 4.74 Å². The predicted molar refractivity (Wildman–Crippen MR) is 124 cm³/mol. The number of nitrogens with one attached hydrogen (secondary N) is 1. The number of thiazole rings is 1. The van der Waals surface area contributed by atoms with E-state index in [9.17, 15) is 14.7 Å². The van der Waals surface area contributed by atoms with Gasteiger partial charge in [0, 0.05) is 11.4 Å². The molecule has 8 heteroatoms. The molecule has 0 bridgehead atoms. The first-order valence-corrected chi connectivity index (χ1v) is 12.0. The zero-order chi connectivity index (χ0) is 21.8. The molecule has 4 rings (SSSR count). The summed E-state index contributed by atoms with van der Waals surface area (Å²) in [6.45, 7) is 0. The van der Waals surface area contributed by atoms with Crippen LogP contribution in [0.3, 0.4) is 0 Å². The van der Waals surface area contributed by atoms with E-state index in [1.807, 2.05) is 42.5 Å². The Bertz CT molecular complexity index is 1080. The first-order valence-electron chi connectivity index (χ1n) is 10.2. The molecule has 31 heavy (non-hydrogen) atoms. The van der Waals surface area contributed by atoms with Crippen LogP contribution in [0.2, 0.25) is 0 Å². The van der Waals surface area contributed by atoms with Crippen molar-refractivity contribution in [3.63, 3.8) is 0 Å². The van der Waals surface area contributed by atoms with Crippen molar-refractivity contribution in [2.75, 3.05) is 12.4 Å². The lowest BCUT2D eigenvalue weighted by atomic mass is 9.78. The number of nitrogens with zero attached hydrogens (tertiary/aromatic N) is 1. The number of aliphatic carboxylic acids is 1. The summed E-state index contributed by atoms with van der Waals surface area (Å²) in [7, 11) is 1.65. The number of benzene rings is 2. The molecule has 0 radical (unpaired) electrons. The maximum Gasteiger partial charge on any atom is 0.307 e. The molecule has 1 aromatic heterocycles. The fraction of sp³-hybridized carbons (Fsp3) is 0.348. The lowest BCUT2D eigenvalue weighted by molar-refractivity contribution is -0.147. The second-order valence-electron chi connectivity index (χ2n) is 7.62. The number of ether oxygens (including phenoxy) is 1. The maximum absolute atomic E-state index is 12.7. The number of rotatable bonds is 7. The molecule has 0 saturated heterocycles. The highest BCUT2D eigenvalue weighted by molar-refractivity contribution is 8.00. The fourth-order valence-corrected chi connectivity index (χ4v) is 5.95. The third kappa shape index (κ3) is 5.19. The molecule has 1 heterocycles. The second-order valence-corrected chi connectivity index (χ2v) is 9.88. The Kier molecular flexibility index (Phi) is 6.77. The number of amides is 1. The number of carbonyl (C=O) groups is 2. The minimum atomic E-state index is -0.878. The highest BCUT2D eigenvalue weighted by Crippen LogP contribution is 2.34. The van der Waals surface area contributed by atoms with Crippen molar-refractivity contribution in [3.05, 3.63) is 48.0 Å². The van der Waals surface area contributed by atoms with Gasteiger partial charge in [-0.2, -0.15) is 0 Å². The SMILES string of the molecule is COc1ccc(CSc2nc3ccc(NC(=O)[C@H]4CCCC[C@H]4C(=O)O)cc3s2)cc1. The molecular formula is C23H24N2O4S2. The van der Waals surface area contributed by atoms with Gasteiger partial charge in [0.25, 0.3) is 0 Å². The third-order valence-electron chi connectivity index (χ3n) is 5.58. The van der Waals surface area contributed by atoms with Crippen LogP contribution in [0.4, 0.5) is 5.69 Å². The first-order chi connectivity index (χ1) is 15.0. The summed E-state index contributed by atoms with van der Waals surface area (Å²) >= 11 is 3.26. The quantitative estimate of drug-likeness (QED) is 0.461. The summed E-state index contributed by atoms with van der Waals surface area (Å²) in [6.07, 6.45) is 2.95. The normalized spacial score (nSPS) is 18.6. The molecule has 1 amide bonds. The highest BCUT2D eigenvalue weighted by Gasteiger charge is 2.35. The van der Waals surface area contributed by atoms with Crippen LogP contribution in [0.1, 0.15) is 31.2 Å². The Balaban J connectivity index is 1.42. The van der Waals surface area contributed by atoms with Crippen molar-refractivity contribution in [2.24, 2.45) is 11.8 Å². The van der Waals surface area contributed by atoms with Gasteiger partial charge < -0.3 is 15.2 Å². The van der Waals surface area contributed by atoms with E-state index in [0.717, 1.165) is 38.9 Å². The van der Waals surface area contributed by atoms with Gasteiger partial charge in [0.15, 0.2) is 4.34 Å². The van der Waals surface area contributed by atoms with Crippen LogP contribution in [0.15, 0.2) is 46.8 Å². The Hall–Kier alpha value is -2.58. The minimum Gasteiger partial charge on any atom is -0.497 e. The van der Waals surface area contributed by atoms with Gasteiger partial charge in [-0.25, -0.2) is 4.98 Å². The van der Waals surface area contributed by atoms with E-state index < -0.39 is 17.8 Å². The summed E-state index contributed by atoms with van der Waals surface area (Å²) in [5.41, 5.74) is 2.77. The maximum atomic E-state index is 12.7. The molecule has 1 aliphatic rings. The Morgan fingerprint density at radius 2 is 1.90 bits per heavy atom. The van der Waals surface area contributed by atoms with E-state index in [2.05, 4.69) is 10.3 Å². The van der Waals surface area contributed by atoms with E-state index in [-0.39, 0.29) is 5.91 Å². The monoisotopic (exact) mass is 456 g/mol. The number of methoxy groups -OCH3 is 1. The minimum absolute atomic E-state index is 0.204. The smallest absolute Gasteiger partial charge is 0.307 e. The number of carboxylic acid groups (broad SMARTS) is 1. The van der Waals surface area contributed by atoms with Gasteiger partial charge in [0.1, 0.15) is 5.75 Å². The molecule has 0 aliphatic heterocycles. The van der Waals surface area contributed by atoms with E-state index in [0.29, 0.717) is 18.5 Å². The number of fused-ring (bicyclic) bond motifs is 1. The van der Waals surface area contributed by atoms with Gasteiger partial charge >= 0.3 is 5.97 Å². The molecular weight excluding hydrogens is 432 g/mol. The average Bonchev–Trinajstić information content (AvgIpc) is 3.20. The number of hydrogen-bond acceptors (Lipinski definition) is 6. The van der Waals surface area contributed by atoms with Gasteiger partial charge in [-0.05, 0) is 48.7 Å². The number of carboxylic acids is 1. The summed E-state index contributed by atoms with van der Waals surface area (Å²) in [4.78, 5) is 28.9. The summed E-state index contributed by atoms with van der Waals surface area (Å²) < 4.78 is 7.15. The van der Waals surface area contributed by atoms with Crippen LogP contribution in [-0.4, -0.2) is 29.1 Å². The molecule has 162 valence electrons. The second kappa shape index (κ2) is 9.70. The van der Waals surface area contributed by atoms with Crippen LogP contribution in [-0.2, 0) is 15.3 Å². The average molecular weight is 457 g/mol. The van der Waals surface area contributed by atoms with Gasteiger partial charge in [0.2, 0.25) is 5.91 Å². The van der Waals surface area contributed by atoms with Crippen LogP contribution in [0.25, 0.3) is 10.2 Å². The van der Waals surface area contributed by atoms with Gasteiger partial charge in [-0.15, -0.1) is 11.3 Å². The molecule has 3 aromatic rings. The topological polar surface area (TPSA) is 88.5 Å². The lowest BCUT2D eigenvalue weighted by Gasteiger charge is -2.27. The van der Waals surface area contributed by atoms with Crippen LogP contribution in [0.5, 0.6) is 5.75 Å². The van der Waals surface area contributed by atoms with Crippen molar-refractivity contribution in [1.82, 2.24) is 4.98 Å². The molecule has 1 aliphatic carbocycles. The standard InChI is InChI=1S/C23H24N2O4S2/c1-29-16-9-6-14(7-10-16)13-30-23-25-19-11-8-15(12-20(19)31-23)24-21(26)17-4-2-3-5-18(17)22(27)28/h6-12,17-18H,2-5,13H2,1H3,(H,24,26)(H,27,28)/t17-,18+/m0/s1. The van der Waals surface area contributed by atoms with Crippen molar-refractivity contribution in [3.8, 4) is 5.75 Å². The molecule has 2 N–H and O–H groups in total. The number of aromatic nitrogens is 1. The third-order valence-corrected chi connectivity index (χ3v) is 7.81. The zero-order valence-electron chi connectivity index (χ0n) is 17.2. The predicted octanol–water partition coefficient (Wildman–Crippen LogP) is 5.43. The largest absolute Gasteiger partial charge is 0.497 e. The van der Waals surface area contributed by atoms with Crippen molar-refractivity contribution < 1.29 is 19.4 Å². The van der Waals surface area contributed by atoms with Gasteiger partial charge in [-0.3, -0.25) is 9.59 Å². The van der Waals surface area contributed by atoms with E-state index >= 15 is 0 Å². The molecule has 2 atom stereocenters. The number of hydrogen-bond donors (Lipinski definition) is 2. The van der Waals surface area contributed by atoms with E-state index in [1.54, 1.807) is 30.2 Å².